The van der Waals surface area contributed by atoms with E-state index in [-0.39, 0.29) is 10.6 Å². The summed E-state index contributed by atoms with van der Waals surface area (Å²) in [5.74, 6) is -1.01. The molecule has 3 nitrogen and oxygen atoms in total. The number of nitrogens with one attached hydrogen (secondary N) is 1. The van der Waals surface area contributed by atoms with Crippen molar-refractivity contribution in [2.45, 2.75) is 13.5 Å². The Kier molecular flexibility index (Phi) is 3.89. The zero-order chi connectivity index (χ0) is 13.1. The number of benzene rings is 1. The second kappa shape index (κ2) is 5.42. The molecule has 0 bridgehead atoms. The van der Waals surface area contributed by atoms with Gasteiger partial charge in [0.1, 0.15) is 0 Å². The van der Waals surface area contributed by atoms with Gasteiger partial charge >= 0.3 is 5.97 Å². The predicted molar refractivity (Wildman–Crippen MR) is 74.8 cm³/mol. The third kappa shape index (κ3) is 2.83. The summed E-state index contributed by atoms with van der Waals surface area (Å²) in [6.07, 6.45) is 0. The summed E-state index contributed by atoms with van der Waals surface area (Å²) in [4.78, 5) is 12.1. The number of hydrogen-bond acceptors (Lipinski definition) is 3. The second-order valence-electron chi connectivity index (χ2n) is 3.88. The Bertz CT molecular complexity index is 580. The third-order valence-corrected chi connectivity index (χ3v) is 3.96. The van der Waals surface area contributed by atoms with E-state index < -0.39 is 5.97 Å². The molecular weight excluding hydrogens is 270 g/mol. The van der Waals surface area contributed by atoms with Crippen LogP contribution in [0.2, 0.25) is 5.02 Å². The molecule has 5 heteroatoms. The Morgan fingerprint density at radius 1 is 1.44 bits per heavy atom. The van der Waals surface area contributed by atoms with Crippen molar-refractivity contribution in [3.8, 4) is 0 Å². The molecule has 0 spiro atoms. The molecule has 0 amide bonds. The van der Waals surface area contributed by atoms with Gasteiger partial charge < -0.3 is 10.4 Å². The van der Waals surface area contributed by atoms with Gasteiger partial charge in [-0.15, -0.1) is 11.3 Å². The lowest BCUT2D eigenvalue weighted by Crippen LogP contribution is -2.01. The van der Waals surface area contributed by atoms with Gasteiger partial charge in [-0.2, -0.15) is 0 Å². The van der Waals surface area contributed by atoms with Crippen LogP contribution < -0.4 is 5.32 Å². The first kappa shape index (κ1) is 12.9. The molecule has 0 aliphatic carbocycles. The SMILES string of the molecule is Cc1ccsc1CNc1ccc(C(=O)O)c(Cl)c1. The van der Waals surface area contributed by atoms with Gasteiger partial charge in [-0.25, -0.2) is 4.79 Å². The minimum Gasteiger partial charge on any atom is -0.478 e. The van der Waals surface area contributed by atoms with E-state index in [0.29, 0.717) is 6.54 Å². The number of halogens is 1. The minimum absolute atomic E-state index is 0.120. The summed E-state index contributed by atoms with van der Waals surface area (Å²) in [5, 5.41) is 14.4. The molecule has 0 saturated carbocycles. The number of thiophene rings is 1. The van der Waals surface area contributed by atoms with Crippen LogP contribution in [-0.4, -0.2) is 11.1 Å². The Hall–Kier alpha value is -1.52. The van der Waals surface area contributed by atoms with Gasteiger partial charge in [0.15, 0.2) is 0 Å². The van der Waals surface area contributed by atoms with Crippen LogP contribution in [0.25, 0.3) is 0 Å². The topological polar surface area (TPSA) is 49.3 Å². The fourth-order valence-electron chi connectivity index (χ4n) is 1.57. The van der Waals surface area contributed by atoms with Crippen LogP contribution in [0.5, 0.6) is 0 Å². The summed E-state index contributed by atoms with van der Waals surface area (Å²) in [7, 11) is 0. The number of carboxylic acid groups (broad SMARTS) is 1. The first-order chi connectivity index (χ1) is 8.58. The number of carboxylic acids is 1. The largest absolute Gasteiger partial charge is 0.478 e. The molecule has 0 aliphatic heterocycles. The van der Waals surface area contributed by atoms with Crippen LogP contribution in [0.4, 0.5) is 5.69 Å². The molecule has 2 N–H and O–H groups in total. The fraction of sp³-hybridized carbons (Fsp3) is 0.154. The zero-order valence-corrected chi connectivity index (χ0v) is 11.3. The van der Waals surface area contributed by atoms with E-state index in [0.717, 1.165) is 5.69 Å². The van der Waals surface area contributed by atoms with E-state index in [4.69, 9.17) is 16.7 Å². The van der Waals surface area contributed by atoms with Crippen molar-refractivity contribution in [1.29, 1.82) is 0 Å². The average molecular weight is 282 g/mol. The number of aromatic carboxylic acids is 1. The van der Waals surface area contributed by atoms with Crippen molar-refractivity contribution in [2.75, 3.05) is 5.32 Å². The normalized spacial score (nSPS) is 10.3. The lowest BCUT2D eigenvalue weighted by atomic mass is 10.2. The Morgan fingerprint density at radius 3 is 2.78 bits per heavy atom. The standard InChI is InChI=1S/C13H12ClNO2S/c1-8-4-5-18-12(8)7-15-9-2-3-10(13(16)17)11(14)6-9/h2-6,15H,7H2,1H3,(H,16,17). The monoisotopic (exact) mass is 281 g/mol. The molecule has 0 saturated heterocycles. The first-order valence-corrected chi connectivity index (χ1v) is 6.63. The second-order valence-corrected chi connectivity index (χ2v) is 5.29. The van der Waals surface area contributed by atoms with Crippen LogP contribution in [0, 0.1) is 6.92 Å². The number of anilines is 1. The minimum atomic E-state index is -1.01. The highest BCUT2D eigenvalue weighted by Gasteiger charge is 2.08. The highest BCUT2D eigenvalue weighted by Crippen LogP contribution is 2.23. The van der Waals surface area contributed by atoms with E-state index >= 15 is 0 Å². The van der Waals surface area contributed by atoms with Gasteiger partial charge in [0.05, 0.1) is 10.6 Å². The van der Waals surface area contributed by atoms with Gasteiger partial charge in [0, 0.05) is 17.1 Å². The molecule has 0 unspecified atom stereocenters. The van der Waals surface area contributed by atoms with E-state index in [1.54, 1.807) is 23.5 Å². The molecule has 1 aromatic carbocycles. The fourth-order valence-corrected chi connectivity index (χ4v) is 2.67. The summed E-state index contributed by atoms with van der Waals surface area (Å²) >= 11 is 7.59. The van der Waals surface area contributed by atoms with Crippen LogP contribution >= 0.6 is 22.9 Å². The number of hydrogen-bond donors (Lipinski definition) is 2. The van der Waals surface area contributed by atoms with Crippen molar-refractivity contribution >= 4 is 34.6 Å². The smallest absolute Gasteiger partial charge is 0.337 e. The van der Waals surface area contributed by atoms with Gasteiger partial charge in [-0.05, 0) is 42.1 Å². The predicted octanol–water partition coefficient (Wildman–Crippen LogP) is 4.02. The molecule has 0 radical (unpaired) electrons. The molecule has 0 fully saturated rings. The van der Waals surface area contributed by atoms with Crippen molar-refractivity contribution in [3.63, 3.8) is 0 Å². The van der Waals surface area contributed by atoms with Gasteiger partial charge in [0.2, 0.25) is 0 Å². The molecule has 2 rings (SSSR count). The maximum atomic E-state index is 10.8. The van der Waals surface area contributed by atoms with Crippen LogP contribution in [0.15, 0.2) is 29.6 Å². The third-order valence-electron chi connectivity index (χ3n) is 2.62. The summed E-state index contributed by atoms with van der Waals surface area (Å²) in [5.41, 5.74) is 2.19. The molecule has 0 atom stereocenters. The lowest BCUT2D eigenvalue weighted by Gasteiger charge is -2.07. The Balaban J connectivity index is 2.09. The summed E-state index contributed by atoms with van der Waals surface area (Å²) in [6, 6.07) is 6.93. The van der Waals surface area contributed by atoms with E-state index in [1.165, 1.54) is 16.5 Å². The number of aryl methyl sites for hydroxylation is 1. The highest BCUT2D eigenvalue weighted by molar-refractivity contribution is 7.10. The Morgan fingerprint density at radius 2 is 2.22 bits per heavy atom. The van der Waals surface area contributed by atoms with E-state index in [9.17, 15) is 4.79 Å². The van der Waals surface area contributed by atoms with Crippen molar-refractivity contribution < 1.29 is 9.90 Å². The van der Waals surface area contributed by atoms with Gasteiger partial charge in [-0.3, -0.25) is 0 Å². The summed E-state index contributed by atoms with van der Waals surface area (Å²) in [6.45, 7) is 2.78. The highest BCUT2D eigenvalue weighted by atomic mass is 35.5. The maximum absolute atomic E-state index is 10.8. The molecule has 94 valence electrons. The van der Waals surface area contributed by atoms with Crippen LogP contribution in [0.3, 0.4) is 0 Å². The van der Waals surface area contributed by atoms with E-state index in [2.05, 4.69) is 18.3 Å². The molecule has 1 heterocycles. The molecular formula is C13H12ClNO2S. The average Bonchev–Trinajstić information content (AvgIpc) is 2.72. The van der Waals surface area contributed by atoms with Crippen LogP contribution in [0.1, 0.15) is 20.8 Å². The van der Waals surface area contributed by atoms with Crippen molar-refractivity contribution in [3.05, 3.63) is 50.7 Å². The molecule has 1 aromatic heterocycles. The van der Waals surface area contributed by atoms with Gasteiger partial charge in [-0.1, -0.05) is 11.6 Å². The zero-order valence-electron chi connectivity index (χ0n) is 9.74. The first-order valence-electron chi connectivity index (χ1n) is 5.37. The van der Waals surface area contributed by atoms with Gasteiger partial charge in [0.25, 0.3) is 0 Å². The van der Waals surface area contributed by atoms with Crippen molar-refractivity contribution in [1.82, 2.24) is 0 Å². The lowest BCUT2D eigenvalue weighted by molar-refractivity contribution is 0.0697. The molecule has 0 aliphatic rings. The Labute approximate surface area is 114 Å². The molecule has 2 aromatic rings. The molecule has 18 heavy (non-hydrogen) atoms. The quantitative estimate of drug-likeness (QED) is 0.890. The van der Waals surface area contributed by atoms with Crippen molar-refractivity contribution in [2.24, 2.45) is 0 Å². The number of carbonyl (C=O) groups is 1. The van der Waals surface area contributed by atoms with Crippen LogP contribution in [-0.2, 0) is 6.54 Å². The summed E-state index contributed by atoms with van der Waals surface area (Å²) < 4.78 is 0. The number of rotatable bonds is 4. The van der Waals surface area contributed by atoms with E-state index in [1.807, 2.05) is 5.38 Å². The maximum Gasteiger partial charge on any atom is 0.337 e.